The molecule has 2 aliphatic rings. The van der Waals surface area contributed by atoms with E-state index in [1.165, 1.54) is 17.7 Å². The lowest BCUT2D eigenvalue weighted by molar-refractivity contribution is 0.0117. The number of thiazole rings is 1. The van der Waals surface area contributed by atoms with Crippen molar-refractivity contribution in [2.75, 3.05) is 18.0 Å². The minimum atomic E-state index is -0.770. The molecule has 2 fully saturated rings. The molecule has 0 radical (unpaired) electrons. The molecule has 0 atom stereocenters. The Balaban J connectivity index is 1.36. The fourth-order valence-corrected chi connectivity index (χ4v) is 5.94. The lowest BCUT2D eigenvalue weighted by Crippen LogP contribution is -2.43. The summed E-state index contributed by atoms with van der Waals surface area (Å²) in [7, 11) is 0. The molecule has 5 nitrogen and oxygen atoms in total. The quantitative estimate of drug-likeness (QED) is 0.479. The third-order valence-electron chi connectivity index (χ3n) is 6.13. The highest BCUT2D eigenvalue weighted by Gasteiger charge is 2.36. The van der Waals surface area contributed by atoms with Crippen molar-refractivity contribution in [3.63, 3.8) is 0 Å². The molecule has 0 amide bonds. The van der Waals surface area contributed by atoms with E-state index in [9.17, 15) is 5.11 Å². The zero-order chi connectivity index (χ0) is 20.1. The average Bonchev–Trinajstić information content (AvgIpc) is 3.31. The van der Waals surface area contributed by atoms with E-state index in [2.05, 4.69) is 22.4 Å². The van der Waals surface area contributed by atoms with Gasteiger partial charge in [0.05, 0.1) is 10.5 Å². The first kappa shape index (κ1) is 18.4. The molecule has 152 valence electrons. The average molecular weight is 435 g/mol. The van der Waals surface area contributed by atoms with Crippen molar-refractivity contribution < 1.29 is 5.11 Å². The first-order valence-electron chi connectivity index (χ1n) is 10.4. The third-order valence-corrected chi connectivity index (χ3v) is 8.12. The lowest BCUT2D eigenvalue weighted by atomic mass is 9.84. The lowest BCUT2D eigenvalue weighted by Gasteiger charge is -2.39. The summed E-state index contributed by atoms with van der Waals surface area (Å²) < 4.78 is 0. The van der Waals surface area contributed by atoms with Crippen LogP contribution in [-0.4, -0.2) is 33.1 Å². The number of benzene rings is 1. The summed E-state index contributed by atoms with van der Waals surface area (Å²) in [4.78, 5) is 19.3. The van der Waals surface area contributed by atoms with Crippen LogP contribution in [0.2, 0.25) is 0 Å². The fraction of sp³-hybridized carbons (Fsp3) is 0.348. The van der Waals surface area contributed by atoms with Crippen LogP contribution in [0.4, 0.5) is 5.82 Å². The second-order valence-electron chi connectivity index (χ2n) is 8.21. The van der Waals surface area contributed by atoms with E-state index in [1.54, 1.807) is 22.7 Å². The first-order chi connectivity index (χ1) is 14.7. The smallest absolute Gasteiger partial charge is 0.159 e. The third kappa shape index (κ3) is 3.21. The number of anilines is 1. The van der Waals surface area contributed by atoms with Gasteiger partial charge >= 0.3 is 0 Å². The number of hydrogen-bond acceptors (Lipinski definition) is 7. The number of rotatable bonds is 4. The Hall–Kier alpha value is -2.35. The summed E-state index contributed by atoms with van der Waals surface area (Å²) in [6, 6.07) is 14.2. The second-order valence-corrected chi connectivity index (χ2v) is 10.1. The molecule has 1 aliphatic heterocycles. The Bertz CT molecular complexity index is 1180. The number of aromatic nitrogens is 3. The second kappa shape index (κ2) is 7.11. The Labute approximate surface area is 183 Å². The van der Waals surface area contributed by atoms with Gasteiger partial charge in [-0.3, -0.25) is 0 Å². The maximum Gasteiger partial charge on any atom is 0.159 e. The van der Waals surface area contributed by atoms with Crippen LogP contribution in [-0.2, 0) is 5.60 Å². The highest BCUT2D eigenvalue weighted by molar-refractivity contribution is 7.24. The molecule has 7 heteroatoms. The van der Waals surface area contributed by atoms with Crippen LogP contribution in [0.5, 0.6) is 0 Å². The number of aliphatic hydroxyl groups is 1. The predicted molar refractivity (Wildman–Crippen MR) is 122 cm³/mol. The molecule has 1 aliphatic carbocycles. The summed E-state index contributed by atoms with van der Waals surface area (Å²) in [5.41, 5.74) is 1.13. The van der Waals surface area contributed by atoms with Crippen LogP contribution in [0.3, 0.4) is 0 Å². The van der Waals surface area contributed by atoms with Gasteiger partial charge in [0.15, 0.2) is 5.82 Å². The molecule has 0 unspecified atom stereocenters. The highest BCUT2D eigenvalue weighted by atomic mass is 32.1. The van der Waals surface area contributed by atoms with E-state index in [0.717, 1.165) is 45.6 Å². The first-order valence-corrected chi connectivity index (χ1v) is 12.1. The maximum atomic E-state index is 11.2. The van der Waals surface area contributed by atoms with Gasteiger partial charge in [-0.05, 0) is 42.7 Å². The topological polar surface area (TPSA) is 62.1 Å². The monoisotopic (exact) mass is 434 g/mol. The van der Waals surface area contributed by atoms with Crippen LogP contribution < -0.4 is 4.90 Å². The van der Waals surface area contributed by atoms with Crippen LogP contribution in [0.1, 0.15) is 43.0 Å². The molecule has 0 spiro atoms. The molecule has 3 aromatic heterocycles. The zero-order valence-electron chi connectivity index (χ0n) is 16.5. The summed E-state index contributed by atoms with van der Waals surface area (Å²) >= 11 is 3.37. The van der Waals surface area contributed by atoms with E-state index >= 15 is 0 Å². The molecule has 4 aromatic rings. The van der Waals surface area contributed by atoms with E-state index < -0.39 is 5.60 Å². The normalized spacial score (nSPS) is 18.8. The molecule has 4 heterocycles. The van der Waals surface area contributed by atoms with Crippen molar-refractivity contribution in [2.24, 2.45) is 0 Å². The fourth-order valence-electron chi connectivity index (χ4n) is 4.20. The molecule has 1 saturated carbocycles. The molecule has 1 N–H and O–H groups in total. The molecule has 30 heavy (non-hydrogen) atoms. The summed E-state index contributed by atoms with van der Waals surface area (Å²) in [6.07, 6.45) is 3.72. The van der Waals surface area contributed by atoms with Gasteiger partial charge in [0.2, 0.25) is 0 Å². The molecule has 1 aromatic carbocycles. The predicted octanol–water partition coefficient (Wildman–Crippen LogP) is 5.18. The van der Waals surface area contributed by atoms with Gasteiger partial charge < -0.3 is 10.0 Å². The Morgan fingerprint density at radius 2 is 1.77 bits per heavy atom. The van der Waals surface area contributed by atoms with Crippen molar-refractivity contribution >= 4 is 38.8 Å². The van der Waals surface area contributed by atoms with Crippen LogP contribution >= 0.6 is 22.7 Å². The molecular formula is C23H22N4OS2. The molecule has 0 bridgehead atoms. The van der Waals surface area contributed by atoms with Crippen LogP contribution in [0.25, 0.3) is 20.2 Å². The summed E-state index contributed by atoms with van der Waals surface area (Å²) in [5, 5.41) is 14.3. The largest absolute Gasteiger partial charge is 0.385 e. The van der Waals surface area contributed by atoms with Crippen molar-refractivity contribution in [1.29, 1.82) is 0 Å². The van der Waals surface area contributed by atoms with Gasteiger partial charge in [-0.25, -0.2) is 15.0 Å². The summed E-state index contributed by atoms with van der Waals surface area (Å²) in [5.74, 6) is 2.39. The highest BCUT2D eigenvalue weighted by Crippen LogP contribution is 2.43. The van der Waals surface area contributed by atoms with Crippen molar-refractivity contribution in [1.82, 2.24) is 15.0 Å². The van der Waals surface area contributed by atoms with Gasteiger partial charge in [0.25, 0.3) is 0 Å². The van der Waals surface area contributed by atoms with E-state index in [1.807, 2.05) is 30.3 Å². The Morgan fingerprint density at radius 3 is 2.47 bits per heavy atom. The molecule has 1 saturated heterocycles. The van der Waals surface area contributed by atoms with Crippen molar-refractivity contribution in [3.8, 4) is 9.88 Å². The van der Waals surface area contributed by atoms with Crippen molar-refractivity contribution in [2.45, 2.75) is 37.2 Å². The van der Waals surface area contributed by atoms with Gasteiger partial charge in [0.1, 0.15) is 21.2 Å². The standard InChI is InChI=1S/C23H22N4OS2/c28-23(16-5-2-1-3-6-16)10-12-27(13-11-23)20-18-22(26-19(25-20)15-8-9-15)30-21(24-18)17-7-4-14-29-17/h1-7,14-15,28H,8-13H2. The van der Waals surface area contributed by atoms with Crippen LogP contribution in [0.15, 0.2) is 47.8 Å². The Morgan fingerprint density at radius 1 is 0.967 bits per heavy atom. The van der Waals surface area contributed by atoms with Gasteiger partial charge in [-0.15, -0.1) is 11.3 Å². The van der Waals surface area contributed by atoms with Crippen molar-refractivity contribution in [3.05, 3.63) is 59.2 Å². The molecular weight excluding hydrogens is 412 g/mol. The summed E-state index contributed by atoms with van der Waals surface area (Å²) in [6.45, 7) is 1.51. The van der Waals surface area contributed by atoms with E-state index in [4.69, 9.17) is 15.0 Å². The van der Waals surface area contributed by atoms with Gasteiger partial charge in [0, 0.05) is 19.0 Å². The molecule has 6 rings (SSSR count). The van der Waals surface area contributed by atoms with E-state index in [-0.39, 0.29) is 0 Å². The minimum Gasteiger partial charge on any atom is -0.385 e. The zero-order valence-corrected chi connectivity index (χ0v) is 18.1. The van der Waals surface area contributed by atoms with Crippen LogP contribution in [0, 0.1) is 0 Å². The van der Waals surface area contributed by atoms with Gasteiger partial charge in [-0.2, -0.15) is 0 Å². The number of fused-ring (bicyclic) bond motifs is 1. The van der Waals surface area contributed by atoms with E-state index in [0.29, 0.717) is 18.8 Å². The minimum absolute atomic E-state index is 0.492. The van der Waals surface area contributed by atoms with Gasteiger partial charge in [-0.1, -0.05) is 47.7 Å². The number of piperidine rings is 1. The number of hydrogen-bond donors (Lipinski definition) is 1. The SMILES string of the molecule is OC1(c2ccccc2)CCN(c2nc(C3CC3)nc3sc(-c4cccs4)nc23)CC1. The number of thiophene rings is 1. The maximum absolute atomic E-state index is 11.2. The Kier molecular flexibility index (Phi) is 4.37. The number of nitrogens with zero attached hydrogens (tertiary/aromatic N) is 4.